The minimum atomic E-state index is 0.929. The molecule has 0 aromatic heterocycles. The van der Waals surface area contributed by atoms with Gasteiger partial charge in [-0.3, -0.25) is 0 Å². The molecular weight excluding hydrogens is 122 g/mol. The van der Waals surface area contributed by atoms with Crippen molar-refractivity contribution in [2.75, 3.05) is 27.2 Å². The van der Waals surface area contributed by atoms with E-state index in [2.05, 4.69) is 27.9 Å². The summed E-state index contributed by atoms with van der Waals surface area (Å²) in [6.45, 7) is 7.47. The Hall–Kier alpha value is -0.0400. The molecule has 1 nitrogen and oxygen atoms in total. The maximum atomic E-state index is 2.37. The first-order chi connectivity index (χ1) is 4.49. The molecule has 1 rings (SSSR count). The summed E-state index contributed by atoms with van der Waals surface area (Å²) < 4.78 is 1.22. The van der Waals surface area contributed by atoms with Crippen LogP contribution in [0.2, 0.25) is 0 Å². The van der Waals surface area contributed by atoms with E-state index in [0.717, 1.165) is 11.8 Å². The minimum Gasteiger partial charge on any atom is -0.328 e. The Morgan fingerprint density at radius 2 is 1.40 bits per heavy atom. The number of piperidine rings is 1. The van der Waals surface area contributed by atoms with E-state index in [1.165, 1.54) is 24.0 Å². The largest absolute Gasteiger partial charge is 0.328 e. The van der Waals surface area contributed by atoms with E-state index in [-0.39, 0.29) is 0 Å². The summed E-state index contributed by atoms with van der Waals surface area (Å²) in [5, 5.41) is 0. The van der Waals surface area contributed by atoms with Gasteiger partial charge in [0.2, 0.25) is 0 Å². The van der Waals surface area contributed by atoms with Gasteiger partial charge in [0.1, 0.15) is 0 Å². The van der Waals surface area contributed by atoms with Gasteiger partial charge < -0.3 is 4.48 Å². The molecule has 0 aromatic carbocycles. The number of quaternary nitrogens is 1. The molecule has 0 spiro atoms. The van der Waals surface area contributed by atoms with E-state index in [9.17, 15) is 0 Å². The summed E-state index contributed by atoms with van der Waals surface area (Å²) in [5.41, 5.74) is 0. The molecule has 1 fully saturated rings. The van der Waals surface area contributed by atoms with Crippen LogP contribution in [0.25, 0.3) is 0 Å². The van der Waals surface area contributed by atoms with Gasteiger partial charge in [-0.05, 0) is 6.42 Å². The smallest absolute Gasteiger partial charge is 0.0808 e. The zero-order valence-electron chi connectivity index (χ0n) is 7.72. The molecule has 1 heterocycles. The van der Waals surface area contributed by atoms with Crippen LogP contribution in [0, 0.1) is 11.8 Å². The van der Waals surface area contributed by atoms with Crippen molar-refractivity contribution in [2.45, 2.75) is 20.3 Å². The van der Waals surface area contributed by atoms with Gasteiger partial charge in [0.15, 0.2) is 0 Å². The topological polar surface area (TPSA) is 0 Å². The van der Waals surface area contributed by atoms with Crippen molar-refractivity contribution in [1.29, 1.82) is 0 Å². The van der Waals surface area contributed by atoms with E-state index < -0.39 is 0 Å². The SMILES string of the molecule is CC1C[C@H](C)C[N+](C)(C)C1. The van der Waals surface area contributed by atoms with Gasteiger partial charge >= 0.3 is 0 Å². The molecule has 0 saturated carbocycles. The van der Waals surface area contributed by atoms with E-state index in [4.69, 9.17) is 0 Å². The second-order valence-corrected chi connectivity index (χ2v) is 4.75. The van der Waals surface area contributed by atoms with E-state index in [0.29, 0.717) is 0 Å². The molecule has 1 heteroatoms. The van der Waals surface area contributed by atoms with Crippen LogP contribution in [-0.2, 0) is 0 Å². The predicted molar refractivity (Wildman–Crippen MR) is 44.8 cm³/mol. The molecule has 0 amide bonds. The summed E-state index contributed by atoms with van der Waals surface area (Å²) in [6.07, 6.45) is 1.43. The normalized spacial score (nSPS) is 39.6. The van der Waals surface area contributed by atoms with Crippen molar-refractivity contribution in [3.63, 3.8) is 0 Å². The van der Waals surface area contributed by atoms with Crippen molar-refractivity contribution in [2.24, 2.45) is 11.8 Å². The number of hydrogen-bond donors (Lipinski definition) is 0. The van der Waals surface area contributed by atoms with Crippen molar-refractivity contribution >= 4 is 0 Å². The highest BCUT2D eigenvalue weighted by Gasteiger charge is 2.28. The molecule has 0 aromatic rings. The third-order valence-electron chi connectivity index (χ3n) is 2.42. The lowest BCUT2D eigenvalue weighted by Gasteiger charge is -2.40. The number of hydrogen-bond acceptors (Lipinski definition) is 0. The summed E-state index contributed by atoms with van der Waals surface area (Å²) in [4.78, 5) is 0. The fourth-order valence-electron chi connectivity index (χ4n) is 2.60. The van der Waals surface area contributed by atoms with Crippen LogP contribution >= 0.6 is 0 Å². The second kappa shape index (κ2) is 2.54. The zero-order chi connectivity index (χ0) is 7.78. The molecular formula is C9H20N+. The number of likely N-dealkylation sites (tertiary alicyclic amines) is 1. The highest BCUT2D eigenvalue weighted by atomic mass is 15.3. The van der Waals surface area contributed by atoms with Crippen LogP contribution < -0.4 is 0 Å². The number of rotatable bonds is 0. The van der Waals surface area contributed by atoms with E-state index in [1.807, 2.05) is 0 Å². The van der Waals surface area contributed by atoms with Gasteiger partial charge in [0, 0.05) is 11.8 Å². The molecule has 1 saturated heterocycles. The summed E-state index contributed by atoms with van der Waals surface area (Å²) in [5.74, 6) is 1.86. The van der Waals surface area contributed by atoms with Crippen LogP contribution in [0.15, 0.2) is 0 Å². The Balaban J connectivity index is 2.51. The van der Waals surface area contributed by atoms with Gasteiger partial charge in [-0.2, -0.15) is 0 Å². The maximum Gasteiger partial charge on any atom is 0.0808 e. The molecule has 0 N–H and O–H groups in total. The molecule has 1 aliphatic rings. The lowest BCUT2D eigenvalue weighted by Crippen LogP contribution is -2.49. The Morgan fingerprint density at radius 3 is 1.70 bits per heavy atom. The first-order valence-corrected chi connectivity index (χ1v) is 4.31. The van der Waals surface area contributed by atoms with Crippen LogP contribution in [-0.4, -0.2) is 31.7 Å². The summed E-state index contributed by atoms with van der Waals surface area (Å²) >= 11 is 0. The number of nitrogens with zero attached hydrogens (tertiary/aromatic N) is 1. The highest BCUT2D eigenvalue weighted by Crippen LogP contribution is 2.23. The molecule has 0 bridgehead atoms. The Bertz CT molecular complexity index is 106. The average molecular weight is 142 g/mol. The van der Waals surface area contributed by atoms with Gasteiger partial charge in [-0.15, -0.1) is 0 Å². The third kappa shape index (κ3) is 1.98. The lowest BCUT2D eigenvalue weighted by atomic mass is 9.91. The van der Waals surface area contributed by atoms with Crippen molar-refractivity contribution in [1.82, 2.24) is 0 Å². The average Bonchev–Trinajstić information content (AvgIpc) is 1.54. The van der Waals surface area contributed by atoms with Crippen molar-refractivity contribution in [3.05, 3.63) is 0 Å². The predicted octanol–water partition coefficient (Wildman–Crippen LogP) is 1.74. The molecule has 1 aliphatic heterocycles. The monoisotopic (exact) mass is 142 g/mol. The van der Waals surface area contributed by atoms with E-state index >= 15 is 0 Å². The minimum absolute atomic E-state index is 0.929. The first-order valence-electron chi connectivity index (χ1n) is 4.31. The van der Waals surface area contributed by atoms with Crippen molar-refractivity contribution < 1.29 is 4.48 Å². The van der Waals surface area contributed by atoms with E-state index in [1.54, 1.807) is 0 Å². The summed E-state index contributed by atoms with van der Waals surface area (Å²) in [6, 6.07) is 0. The Kier molecular flexibility index (Phi) is 2.04. The zero-order valence-corrected chi connectivity index (χ0v) is 7.72. The third-order valence-corrected chi connectivity index (χ3v) is 2.42. The van der Waals surface area contributed by atoms with Gasteiger partial charge in [-0.1, -0.05) is 13.8 Å². The molecule has 2 atom stereocenters. The first kappa shape index (κ1) is 8.06. The van der Waals surface area contributed by atoms with Crippen molar-refractivity contribution in [3.8, 4) is 0 Å². The van der Waals surface area contributed by atoms with Crippen LogP contribution in [0.1, 0.15) is 20.3 Å². The fourth-order valence-corrected chi connectivity index (χ4v) is 2.60. The quantitative estimate of drug-likeness (QED) is 0.452. The standard InChI is InChI=1S/C9H20N/c1-8-5-9(2)7-10(3,4)6-8/h8-9H,5-7H2,1-4H3/q+1/t8-,9?/m0/s1. The Morgan fingerprint density at radius 1 is 1.00 bits per heavy atom. The highest BCUT2D eigenvalue weighted by molar-refractivity contribution is 4.64. The molecule has 0 aliphatic carbocycles. The summed E-state index contributed by atoms with van der Waals surface area (Å²) in [7, 11) is 4.68. The second-order valence-electron chi connectivity index (χ2n) is 4.75. The molecule has 1 unspecified atom stereocenters. The van der Waals surface area contributed by atoms with Crippen LogP contribution in [0.3, 0.4) is 0 Å². The maximum absolute atomic E-state index is 2.37. The lowest BCUT2D eigenvalue weighted by molar-refractivity contribution is -0.902. The Labute approximate surface area is 64.6 Å². The molecule has 60 valence electrons. The van der Waals surface area contributed by atoms with Gasteiger partial charge in [0.25, 0.3) is 0 Å². The molecule has 0 radical (unpaired) electrons. The molecule has 10 heavy (non-hydrogen) atoms. The van der Waals surface area contributed by atoms with Gasteiger partial charge in [0.05, 0.1) is 27.2 Å². The van der Waals surface area contributed by atoms with Crippen LogP contribution in [0.4, 0.5) is 0 Å². The van der Waals surface area contributed by atoms with Gasteiger partial charge in [-0.25, -0.2) is 0 Å². The van der Waals surface area contributed by atoms with Crippen LogP contribution in [0.5, 0.6) is 0 Å². The fraction of sp³-hybridized carbons (Fsp3) is 1.00.